The zero-order chi connectivity index (χ0) is 21.0. The number of hydrogen-bond acceptors (Lipinski definition) is 7. The van der Waals surface area contributed by atoms with E-state index in [0.717, 1.165) is 17.0 Å². The van der Waals surface area contributed by atoms with E-state index in [4.69, 9.17) is 11.5 Å². The lowest BCUT2D eigenvalue weighted by molar-refractivity contribution is -0.109. The smallest absolute Gasteiger partial charge is 0.252 e. The van der Waals surface area contributed by atoms with Gasteiger partial charge < -0.3 is 26.9 Å². The van der Waals surface area contributed by atoms with Gasteiger partial charge >= 0.3 is 0 Å². The minimum absolute atomic E-state index is 0.0645. The molecular formula is C20H21FN6O2. The Bertz CT molecular complexity index is 1060. The molecule has 150 valence electrons. The Morgan fingerprint density at radius 2 is 2.07 bits per heavy atom. The summed E-state index contributed by atoms with van der Waals surface area (Å²) in [4.78, 5) is 31.5. The molecule has 0 saturated heterocycles. The van der Waals surface area contributed by atoms with E-state index in [1.54, 1.807) is 31.3 Å². The van der Waals surface area contributed by atoms with Crippen LogP contribution in [0.15, 0.2) is 42.6 Å². The molecule has 0 fully saturated rings. The highest BCUT2D eigenvalue weighted by Crippen LogP contribution is 2.26. The Hall–Kier alpha value is -3.59. The highest BCUT2D eigenvalue weighted by atomic mass is 19.1. The summed E-state index contributed by atoms with van der Waals surface area (Å²) in [6.07, 6.45) is 2.33. The number of benzene rings is 1. The van der Waals surface area contributed by atoms with Gasteiger partial charge in [0.15, 0.2) is 11.6 Å². The first-order valence-electron chi connectivity index (χ1n) is 8.97. The number of aromatic nitrogens is 2. The van der Waals surface area contributed by atoms with Crippen LogP contribution in [0, 0.1) is 11.7 Å². The van der Waals surface area contributed by atoms with Gasteiger partial charge in [-0.3, -0.25) is 9.78 Å². The predicted molar refractivity (Wildman–Crippen MR) is 109 cm³/mol. The van der Waals surface area contributed by atoms with Crippen molar-refractivity contribution in [2.24, 2.45) is 17.4 Å². The van der Waals surface area contributed by atoms with E-state index in [-0.39, 0.29) is 29.7 Å². The molecule has 9 heteroatoms. The van der Waals surface area contributed by atoms with Gasteiger partial charge in [-0.2, -0.15) is 0 Å². The van der Waals surface area contributed by atoms with E-state index >= 15 is 0 Å². The molecule has 1 amide bonds. The molecule has 0 aliphatic heterocycles. The van der Waals surface area contributed by atoms with Crippen LogP contribution >= 0.6 is 0 Å². The summed E-state index contributed by atoms with van der Waals surface area (Å²) < 4.78 is 14.5. The van der Waals surface area contributed by atoms with E-state index in [2.05, 4.69) is 20.6 Å². The Morgan fingerprint density at radius 3 is 2.76 bits per heavy atom. The number of fused-ring (bicyclic) bond motifs is 1. The van der Waals surface area contributed by atoms with Gasteiger partial charge in [0.05, 0.1) is 17.1 Å². The molecular weight excluding hydrogens is 375 g/mol. The van der Waals surface area contributed by atoms with Crippen molar-refractivity contribution in [3.63, 3.8) is 0 Å². The maximum atomic E-state index is 14.5. The second kappa shape index (κ2) is 8.61. The van der Waals surface area contributed by atoms with Crippen LogP contribution in [-0.4, -0.2) is 34.7 Å². The normalized spacial score (nSPS) is 12.9. The molecule has 0 saturated carbocycles. The number of hydrogen-bond donors (Lipinski definition) is 4. The lowest BCUT2D eigenvalue weighted by Gasteiger charge is -2.20. The van der Waals surface area contributed by atoms with Crippen molar-refractivity contribution in [1.82, 2.24) is 9.97 Å². The average molecular weight is 396 g/mol. The SMILES string of the molecule is CC(CN)C(C=O)Nc1nc(Nc2ccc3ncccc3c2)c(C(N)=O)cc1F. The Balaban J connectivity index is 1.98. The summed E-state index contributed by atoms with van der Waals surface area (Å²) in [6.45, 7) is 1.98. The Labute approximate surface area is 166 Å². The van der Waals surface area contributed by atoms with Crippen molar-refractivity contribution >= 4 is 40.4 Å². The second-order valence-corrected chi connectivity index (χ2v) is 6.63. The minimum Gasteiger partial charge on any atom is -0.365 e. The number of nitrogens with one attached hydrogen (secondary N) is 2. The van der Waals surface area contributed by atoms with Crippen molar-refractivity contribution in [1.29, 1.82) is 0 Å². The first-order chi connectivity index (χ1) is 13.9. The number of amides is 1. The molecule has 3 rings (SSSR count). The number of carbonyl (C=O) groups excluding carboxylic acids is 2. The zero-order valence-corrected chi connectivity index (χ0v) is 15.7. The number of carbonyl (C=O) groups is 2. The Morgan fingerprint density at radius 1 is 1.28 bits per heavy atom. The van der Waals surface area contributed by atoms with Gasteiger partial charge in [0.2, 0.25) is 0 Å². The summed E-state index contributed by atoms with van der Waals surface area (Å²) in [5.74, 6) is -2.00. The quantitative estimate of drug-likeness (QED) is 0.428. The standard InChI is InChI=1S/C20H21FN6O2/c1-11(9-22)17(10-28)26-20-15(21)8-14(18(23)29)19(27-20)25-13-4-5-16-12(7-13)3-2-6-24-16/h2-8,10-11,17H,9,22H2,1H3,(H2,23,29)(H2,25,26,27). The van der Waals surface area contributed by atoms with E-state index in [9.17, 15) is 14.0 Å². The van der Waals surface area contributed by atoms with Gasteiger partial charge in [-0.25, -0.2) is 9.37 Å². The van der Waals surface area contributed by atoms with Crippen molar-refractivity contribution in [3.8, 4) is 0 Å². The van der Waals surface area contributed by atoms with E-state index in [1.165, 1.54) is 0 Å². The van der Waals surface area contributed by atoms with Crippen molar-refractivity contribution < 1.29 is 14.0 Å². The monoisotopic (exact) mass is 396 g/mol. The number of aldehydes is 1. The predicted octanol–water partition coefficient (Wildman–Crippen LogP) is 2.19. The summed E-state index contributed by atoms with van der Waals surface area (Å²) in [5.41, 5.74) is 12.3. The molecule has 0 radical (unpaired) electrons. The zero-order valence-electron chi connectivity index (χ0n) is 15.7. The molecule has 3 aromatic rings. The number of primary amides is 1. The average Bonchev–Trinajstić information content (AvgIpc) is 2.72. The summed E-state index contributed by atoms with van der Waals surface area (Å²) in [7, 11) is 0. The molecule has 6 N–H and O–H groups in total. The van der Waals surface area contributed by atoms with Crippen molar-refractivity contribution in [2.45, 2.75) is 13.0 Å². The summed E-state index contributed by atoms with van der Waals surface area (Å²) >= 11 is 0. The highest BCUT2D eigenvalue weighted by Gasteiger charge is 2.21. The topological polar surface area (TPSA) is 136 Å². The second-order valence-electron chi connectivity index (χ2n) is 6.63. The fourth-order valence-electron chi connectivity index (χ4n) is 2.78. The molecule has 2 aromatic heterocycles. The van der Waals surface area contributed by atoms with Crippen LogP contribution < -0.4 is 22.1 Å². The first-order valence-corrected chi connectivity index (χ1v) is 8.97. The molecule has 8 nitrogen and oxygen atoms in total. The highest BCUT2D eigenvalue weighted by molar-refractivity contribution is 5.99. The molecule has 2 heterocycles. The molecule has 2 atom stereocenters. The van der Waals surface area contributed by atoms with Crippen LogP contribution in [0.2, 0.25) is 0 Å². The number of anilines is 3. The van der Waals surface area contributed by atoms with Crippen LogP contribution in [0.3, 0.4) is 0 Å². The lowest BCUT2D eigenvalue weighted by atomic mass is 10.0. The minimum atomic E-state index is -0.838. The van der Waals surface area contributed by atoms with E-state index in [1.807, 2.05) is 12.1 Å². The number of pyridine rings is 2. The van der Waals surface area contributed by atoms with Crippen molar-refractivity contribution in [3.05, 3.63) is 54.0 Å². The molecule has 0 aliphatic carbocycles. The fraction of sp³-hybridized carbons (Fsp3) is 0.200. The fourth-order valence-corrected chi connectivity index (χ4v) is 2.78. The van der Waals surface area contributed by atoms with Crippen LogP contribution in [0.4, 0.5) is 21.7 Å². The van der Waals surface area contributed by atoms with Gasteiger partial charge in [-0.15, -0.1) is 0 Å². The van der Waals surface area contributed by atoms with Gasteiger partial charge in [-0.1, -0.05) is 13.0 Å². The largest absolute Gasteiger partial charge is 0.365 e. The summed E-state index contributed by atoms with van der Waals surface area (Å²) in [6, 6.07) is 9.31. The Kier molecular flexibility index (Phi) is 5.99. The molecule has 2 unspecified atom stereocenters. The van der Waals surface area contributed by atoms with Crippen LogP contribution in [0.1, 0.15) is 17.3 Å². The van der Waals surface area contributed by atoms with Gasteiger partial charge in [0, 0.05) is 17.3 Å². The number of nitrogens with zero attached hydrogens (tertiary/aromatic N) is 2. The van der Waals surface area contributed by atoms with Gasteiger partial charge in [0.1, 0.15) is 12.1 Å². The van der Waals surface area contributed by atoms with Crippen molar-refractivity contribution in [2.75, 3.05) is 17.2 Å². The third kappa shape index (κ3) is 4.46. The number of rotatable bonds is 8. The molecule has 0 spiro atoms. The van der Waals surface area contributed by atoms with Crippen LogP contribution in [0.25, 0.3) is 10.9 Å². The molecule has 1 aromatic carbocycles. The maximum Gasteiger partial charge on any atom is 0.252 e. The number of halogens is 1. The molecule has 0 bridgehead atoms. The maximum absolute atomic E-state index is 14.5. The third-order valence-corrected chi connectivity index (χ3v) is 4.54. The first kappa shape index (κ1) is 20.2. The summed E-state index contributed by atoms with van der Waals surface area (Å²) in [5, 5.41) is 6.59. The van der Waals surface area contributed by atoms with Crippen LogP contribution in [0.5, 0.6) is 0 Å². The van der Waals surface area contributed by atoms with Gasteiger partial charge in [0.25, 0.3) is 5.91 Å². The third-order valence-electron chi connectivity index (χ3n) is 4.54. The van der Waals surface area contributed by atoms with Gasteiger partial charge in [-0.05, 0) is 42.8 Å². The lowest BCUT2D eigenvalue weighted by Crippen LogP contribution is -2.34. The molecule has 0 aliphatic rings. The van der Waals surface area contributed by atoms with E-state index < -0.39 is 17.8 Å². The van der Waals surface area contributed by atoms with E-state index in [0.29, 0.717) is 12.0 Å². The molecule has 29 heavy (non-hydrogen) atoms. The van der Waals surface area contributed by atoms with Crippen LogP contribution in [-0.2, 0) is 4.79 Å². The number of nitrogens with two attached hydrogens (primary N) is 2.